The Kier molecular flexibility index (Phi) is 4.38. The lowest BCUT2D eigenvalue weighted by Crippen LogP contribution is -2.18. The van der Waals surface area contributed by atoms with Crippen molar-refractivity contribution in [1.29, 1.82) is 0 Å². The van der Waals surface area contributed by atoms with Crippen molar-refractivity contribution in [2.45, 2.75) is 6.92 Å². The van der Waals surface area contributed by atoms with Gasteiger partial charge in [-0.25, -0.2) is 10.2 Å². The molecule has 0 aliphatic rings. The highest BCUT2D eigenvalue weighted by Crippen LogP contribution is 2.28. The summed E-state index contributed by atoms with van der Waals surface area (Å²) in [6, 6.07) is 18.0. The number of benzene rings is 2. The Labute approximate surface area is 134 Å². The predicted molar refractivity (Wildman–Crippen MR) is 91.5 cm³/mol. The highest BCUT2D eigenvalue weighted by Gasteiger charge is 2.11. The number of aromatic nitrogens is 1. The van der Waals surface area contributed by atoms with Gasteiger partial charge >= 0.3 is 6.09 Å². The third-order valence-corrected chi connectivity index (χ3v) is 3.43. The molecule has 5 nitrogen and oxygen atoms in total. The number of amides is 1. The first-order valence-electron chi connectivity index (χ1n) is 7.41. The van der Waals surface area contributed by atoms with Gasteiger partial charge in [0.05, 0.1) is 18.5 Å². The molecule has 2 N–H and O–H groups in total. The maximum absolute atomic E-state index is 11.3. The molecule has 5 heteroatoms. The van der Waals surface area contributed by atoms with Crippen LogP contribution in [-0.2, 0) is 4.74 Å². The zero-order valence-corrected chi connectivity index (χ0v) is 12.7. The molecule has 3 rings (SSSR count). The summed E-state index contributed by atoms with van der Waals surface area (Å²) < 4.78 is 4.79. The van der Waals surface area contributed by atoms with E-state index in [1.54, 1.807) is 13.1 Å². The minimum absolute atomic E-state index is 0.309. The predicted octanol–water partition coefficient (Wildman–Crippen LogP) is 3.91. The van der Waals surface area contributed by atoms with Crippen LogP contribution in [0.5, 0.6) is 0 Å². The van der Waals surface area contributed by atoms with Gasteiger partial charge in [-0.3, -0.25) is 0 Å². The first-order chi connectivity index (χ1) is 11.3. The number of nitrogens with zero attached hydrogens (tertiary/aromatic N) is 1. The number of hydrogen-bond acceptors (Lipinski definition) is 3. The molecule has 1 amide bonds. The number of hydrazone groups is 1. The maximum atomic E-state index is 11.3. The van der Waals surface area contributed by atoms with Gasteiger partial charge in [0.1, 0.15) is 0 Å². The number of rotatable bonds is 4. The van der Waals surface area contributed by atoms with Crippen LogP contribution in [0.25, 0.3) is 22.2 Å². The van der Waals surface area contributed by atoms with E-state index in [2.05, 4.69) is 15.5 Å². The number of H-pyrrole nitrogens is 1. The van der Waals surface area contributed by atoms with E-state index >= 15 is 0 Å². The van der Waals surface area contributed by atoms with Gasteiger partial charge in [-0.05, 0) is 18.6 Å². The monoisotopic (exact) mass is 307 g/mol. The lowest BCUT2D eigenvalue weighted by atomic mass is 10.1. The molecule has 0 saturated carbocycles. The van der Waals surface area contributed by atoms with Crippen LogP contribution in [0.1, 0.15) is 12.5 Å². The topological polar surface area (TPSA) is 66.5 Å². The number of para-hydroxylation sites is 1. The van der Waals surface area contributed by atoms with Crippen molar-refractivity contribution >= 4 is 23.2 Å². The Balaban J connectivity index is 2.00. The fourth-order valence-electron chi connectivity index (χ4n) is 2.44. The molecule has 2 aromatic carbocycles. The largest absolute Gasteiger partial charge is 0.449 e. The van der Waals surface area contributed by atoms with Crippen molar-refractivity contribution in [3.8, 4) is 11.3 Å². The first-order valence-corrected chi connectivity index (χ1v) is 7.41. The fraction of sp³-hybridized carbons (Fsp3) is 0.111. The number of hydrogen-bond donors (Lipinski definition) is 2. The van der Waals surface area contributed by atoms with Crippen LogP contribution in [0.4, 0.5) is 4.79 Å². The Morgan fingerprint density at radius 1 is 1.17 bits per heavy atom. The molecule has 0 aliphatic heterocycles. The van der Waals surface area contributed by atoms with E-state index in [9.17, 15) is 4.79 Å². The van der Waals surface area contributed by atoms with Crippen LogP contribution in [-0.4, -0.2) is 23.9 Å². The second-order valence-electron chi connectivity index (χ2n) is 4.92. The summed E-state index contributed by atoms with van der Waals surface area (Å²) >= 11 is 0. The van der Waals surface area contributed by atoms with E-state index in [1.807, 2.05) is 54.6 Å². The molecule has 23 heavy (non-hydrogen) atoms. The van der Waals surface area contributed by atoms with Gasteiger partial charge in [0.15, 0.2) is 0 Å². The zero-order chi connectivity index (χ0) is 16.1. The number of nitrogens with one attached hydrogen (secondary N) is 2. The molecule has 0 saturated heterocycles. The first kappa shape index (κ1) is 14.8. The van der Waals surface area contributed by atoms with Crippen molar-refractivity contribution in [2.75, 3.05) is 6.61 Å². The summed E-state index contributed by atoms with van der Waals surface area (Å²) in [6.45, 7) is 2.06. The maximum Gasteiger partial charge on any atom is 0.427 e. The third-order valence-electron chi connectivity index (χ3n) is 3.43. The van der Waals surface area contributed by atoms with E-state index in [0.29, 0.717) is 6.61 Å². The molecule has 116 valence electrons. The Bertz CT molecular complexity index is 838. The van der Waals surface area contributed by atoms with Crippen molar-refractivity contribution in [3.05, 3.63) is 60.2 Å². The van der Waals surface area contributed by atoms with Crippen LogP contribution in [0.2, 0.25) is 0 Å². The highest BCUT2D eigenvalue weighted by molar-refractivity contribution is 6.05. The normalized spacial score (nSPS) is 11.0. The molecule has 1 heterocycles. The summed E-state index contributed by atoms with van der Waals surface area (Å²) in [7, 11) is 0. The van der Waals surface area contributed by atoms with Crippen molar-refractivity contribution in [3.63, 3.8) is 0 Å². The van der Waals surface area contributed by atoms with Crippen LogP contribution in [0.3, 0.4) is 0 Å². The van der Waals surface area contributed by atoms with E-state index in [-0.39, 0.29) is 0 Å². The van der Waals surface area contributed by atoms with Gasteiger partial charge in [0.25, 0.3) is 0 Å². The smallest absolute Gasteiger partial charge is 0.427 e. The van der Waals surface area contributed by atoms with E-state index < -0.39 is 6.09 Å². The number of carbonyl (C=O) groups is 1. The molecular weight excluding hydrogens is 290 g/mol. The van der Waals surface area contributed by atoms with Crippen LogP contribution in [0.15, 0.2) is 59.7 Å². The summed E-state index contributed by atoms with van der Waals surface area (Å²) in [5, 5.41) is 5.04. The van der Waals surface area contributed by atoms with Gasteiger partial charge in [0, 0.05) is 16.5 Å². The van der Waals surface area contributed by atoms with Crippen LogP contribution < -0.4 is 5.43 Å². The van der Waals surface area contributed by atoms with E-state index in [1.165, 1.54) is 0 Å². The summed E-state index contributed by atoms with van der Waals surface area (Å²) in [5.74, 6) is 0. The van der Waals surface area contributed by atoms with Crippen molar-refractivity contribution in [1.82, 2.24) is 10.4 Å². The number of ether oxygens (including phenoxy) is 1. The SMILES string of the molecule is CCOC(=O)NN=Cc1c(-c2ccccc2)[nH]c2ccccc12. The molecule has 0 unspecified atom stereocenters. The number of carbonyl (C=O) groups excluding carboxylic acids is 1. The van der Waals surface area contributed by atoms with E-state index in [0.717, 1.165) is 27.7 Å². The summed E-state index contributed by atoms with van der Waals surface area (Å²) in [4.78, 5) is 14.7. The molecule has 0 bridgehead atoms. The average molecular weight is 307 g/mol. The van der Waals surface area contributed by atoms with Gasteiger partial charge in [-0.1, -0.05) is 48.5 Å². The summed E-state index contributed by atoms with van der Waals surface area (Å²) in [5.41, 5.74) is 6.31. The molecule has 0 aliphatic carbocycles. The molecule has 0 spiro atoms. The fourth-order valence-corrected chi connectivity index (χ4v) is 2.44. The quantitative estimate of drug-likeness (QED) is 0.567. The van der Waals surface area contributed by atoms with Gasteiger partial charge in [0.2, 0.25) is 0 Å². The Morgan fingerprint density at radius 2 is 1.91 bits per heavy atom. The zero-order valence-electron chi connectivity index (χ0n) is 12.7. The lowest BCUT2D eigenvalue weighted by Gasteiger charge is -2.01. The van der Waals surface area contributed by atoms with Gasteiger partial charge in [-0.15, -0.1) is 0 Å². The Morgan fingerprint density at radius 3 is 2.70 bits per heavy atom. The average Bonchev–Trinajstić information content (AvgIpc) is 2.95. The molecule has 0 fully saturated rings. The number of aromatic amines is 1. The minimum Gasteiger partial charge on any atom is -0.449 e. The van der Waals surface area contributed by atoms with Crippen molar-refractivity contribution in [2.24, 2.45) is 5.10 Å². The van der Waals surface area contributed by atoms with Crippen molar-refractivity contribution < 1.29 is 9.53 Å². The Hall–Kier alpha value is -3.08. The molecule has 1 aromatic heterocycles. The lowest BCUT2D eigenvalue weighted by molar-refractivity contribution is 0.152. The van der Waals surface area contributed by atoms with Crippen LogP contribution >= 0.6 is 0 Å². The molecule has 0 atom stereocenters. The highest BCUT2D eigenvalue weighted by atomic mass is 16.5. The molecule has 3 aromatic rings. The second kappa shape index (κ2) is 6.79. The van der Waals surface area contributed by atoms with Gasteiger partial charge in [-0.2, -0.15) is 5.10 Å². The van der Waals surface area contributed by atoms with Crippen LogP contribution in [0, 0.1) is 0 Å². The van der Waals surface area contributed by atoms with Gasteiger partial charge < -0.3 is 9.72 Å². The molecule has 0 radical (unpaired) electrons. The van der Waals surface area contributed by atoms with E-state index in [4.69, 9.17) is 4.74 Å². The molecular formula is C18H17N3O2. The standard InChI is InChI=1S/C18H17N3O2/c1-2-23-18(22)21-19-12-15-14-10-6-7-11-16(14)20-17(15)13-8-4-3-5-9-13/h3-12,20H,2H2,1H3,(H,21,22). The minimum atomic E-state index is -0.565. The second-order valence-corrected chi connectivity index (χ2v) is 4.92. The third kappa shape index (κ3) is 3.23. The number of fused-ring (bicyclic) bond motifs is 1. The summed E-state index contributed by atoms with van der Waals surface area (Å²) in [6.07, 6.45) is 1.07.